The standard InChI is InChI=1S/C12H13N3O2/c1-17-11-3-2-8(6-9(11)13)10(16)7-12-14-4-5-15-12/h2-6H,7,13H2,1H3,(H,14,15). The number of aromatic nitrogens is 2. The van der Waals surface area contributed by atoms with Gasteiger partial charge in [-0.2, -0.15) is 0 Å². The Balaban J connectivity index is 2.17. The summed E-state index contributed by atoms with van der Waals surface area (Å²) >= 11 is 0. The lowest BCUT2D eigenvalue weighted by Crippen LogP contribution is -2.06. The van der Waals surface area contributed by atoms with Gasteiger partial charge in [-0.05, 0) is 18.2 Å². The maximum atomic E-state index is 11.9. The lowest BCUT2D eigenvalue weighted by molar-refractivity contribution is 0.0991. The molecule has 3 N–H and O–H groups in total. The van der Waals surface area contributed by atoms with Crippen LogP contribution in [-0.4, -0.2) is 22.9 Å². The minimum absolute atomic E-state index is 0.0331. The molecule has 0 aliphatic heterocycles. The van der Waals surface area contributed by atoms with Crippen molar-refractivity contribution in [3.8, 4) is 5.75 Å². The summed E-state index contributed by atoms with van der Waals surface area (Å²) in [6.07, 6.45) is 3.54. The number of ketones is 1. The smallest absolute Gasteiger partial charge is 0.170 e. The Hall–Kier alpha value is -2.30. The Bertz CT molecular complexity index is 521. The number of aromatic amines is 1. The van der Waals surface area contributed by atoms with E-state index in [1.54, 1.807) is 30.6 Å². The van der Waals surface area contributed by atoms with Crippen molar-refractivity contribution < 1.29 is 9.53 Å². The number of nitrogens with one attached hydrogen (secondary N) is 1. The molecule has 0 amide bonds. The SMILES string of the molecule is COc1ccc(C(=O)Cc2ncc[nH]2)cc1N. The third kappa shape index (κ3) is 2.44. The number of nitrogens with zero attached hydrogens (tertiary/aromatic N) is 1. The Kier molecular flexibility index (Phi) is 3.09. The van der Waals surface area contributed by atoms with Gasteiger partial charge in [-0.25, -0.2) is 4.98 Å². The predicted molar refractivity (Wildman–Crippen MR) is 64.0 cm³/mol. The van der Waals surface area contributed by atoms with Gasteiger partial charge in [-0.3, -0.25) is 4.79 Å². The number of H-pyrrole nitrogens is 1. The summed E-state index contributed by atoms with van der Waals surface area (Å²) in [4.78, 5) is 18.8. The first-order valence-electron chi connectivity index (χ1n) is 5.15. The molecule has 1 aromatic carbocycles. The molecular weight excluding hydrogens is 218 g/mol. The van der Waals surface area contributed by atoms with Gasteiger partial charge in [0.2, 0.25) is 0 Å². The van der Waals surface area contributed by atoms with Gasteiger partial charge in [0.1, 0.15) is 11.6 Å². The number of Topliss-reactive ketones (excluding diaryl/α,β-unsaturated/α-hetero) is 1. The second kappa shape index (κ2) is 4.69. The fourth-order valence-electron chi connectivity index (χ4n) is 1.56. The average molecular weight is 231 g/mol. The Morgan fingerprint density at radius 3 is 2.94 bits per heavy atom. The first-order valence-corrected chi connectivity index (χ1v) is 5.15. The van der Waals surface area contributed by atoms with Crippen LogP contribution in [0, 0.1) is 0 Å². The van der Waals surface area contributed by atoms with Crippen LogP contribution in [0.2, 0.25) is 0 Å². The van der Waals surface area contributed by atoms with Gasteiger partial charge in [0, 0.05) is 18.0 Å². The van der Waals surface area contributed by atoms with Crippen LogP contribution in [0.15, 0.2) is 30.6 Å². The van der Waals surface area contributed by atoms with Gasteiger partial charge in [0.25, 0.3) is 0 Å². The maximum Gasteiger partial charge on any atom is 0.170 e. The summed E-state index contributed by atoms with van der Waals surface area (Å²) in [5.41, 5.74) is 6.75. The van der Waals surface area contributed by atoms with Gasteiger partial charge in [-0.15, -0.1) is 0 Å². The molecule has 5 nitrogen and oxygen atoms in total. The quantitative estimate of drug-likeness (QED) is 0.616. The normalized spacial score (nSPS) is 10.2. The largest absolute Gasteiger partial charge is 0.495 e. The molecule has 0 unspecified atom stereocenters. The van der Waals surface area contributed by atoms with Gasteiger partial charge in [-0.1, -0.05) is 0 Å². The number of nitrogen functional groups attached to an aromatic ring is 1. The minimum Gasteiger partial charge on any atom is -0.495 e. The van der Waals surface area contributed by atoms with E-state index < -0.39 is 0 Å². The number of hydrogen-bond acceptors (Lipinski definition) is 4. The number of ether oxygens (including phenoxy) is 1. The summed E-state index contributed by atoms with van der Waals surface area (Å²) in [7, 11) is 1.54. The molecule has 0 atom stereocenters. The molecule has 17 heavy (non-hydrogen) atoms. The van der Waals surface area contributed by atoms with Crippen molar-refractivity contribution in [3.05, 3.63) is 42.0 Å². The number of anilines is 1. The van der Waals surface area contributed by atoms with Crippen LogP contribution < -0.4 is 10.5 Å². The highest BCUT2D eigenvalue weighted by atomic mass is 16.5. The minimum atomic E-state index is -0.0331. The van der Waals surface area contributed by atoms with Crippen LogP contribution in [0.5, 0.6) is 5.75 Å². The van der Waals surface area contributed by atoms with E-state index >= 15 is 0 Å². The molecule has 0 fully saturated rings. The van der Waals surface area contributed by atoms with E-state index in [1.165, 1.54) is 7.11 Å². The van der Waals surface area contributed by atoms with Crippen molar-refractivity contribution in [1.29, 1.82) is 0 Å². The summed E-state index contributed by atoms with van der Waals surface area (Å²) in [5, 5.41) is 0. The molecule has 0 spiro atoms. The summed E-state index contributed by atoms with van der Waals surface area (Å²) in [6, 6.07) is 5.00. The van der Waals surface area contributed by atoms with Crippen LogP contribution in [0.25, 0.3) is 0 Å². The number of imidazole rings is 1. The molecule has 0 saturated carbocycles. The molecule has 0 aliphatic rings. The molecule has 2 aromatic rings. The van der Waals surface area contributed by atoms with Gasteiger partial charge >= 0.3 is 0 Å². The number of hydrogen-bond donors (Lipinski definition) is 2. The van der Waals surface area contributed by atoms with Crippen LogP contribution >= 0.6 is 0 Å². The average Bonchev–Trinajstić information content (AvgIpc) is 2.81. The Morgan fingerprint density at radius 2 is 2.35 bits per heavy atom. The summed E-state index contributed by atoms with van der Waals surface area (Å²) in [6.45, 7) is 0. The molecule has 0 radical (unpaired) electrons. The van der Waals surface area contributed by atoms with E-state index in [-0.39, 0.29) is 12.2 Å². The van der Waals surface area contributed by atoms with Crippen LogP contribution in [0.3, 0.4) is 0 Å². The second-order valence-corrected chi connectivity index (χ2v) is 3.59. The predicted octanol–water partition coefficient (Wildman–Crippen LogP) is 1.43. The maximum absolute atomic E-state index is 11.9. The lowest BCUT2D eigenvalue weighted by atomic mass is 10.1. The van der Waals surface area contributed by atoms with Crippen molar-refractivity contribution in [1.82, 2.24) is 9.97 Å². The van der Waals surface area contributed by atoms with Gasteiger partial charge < -0.3 is 15.5 Å². The van der Waals surface area contributed by atoms with E-state index in [0.717, 1.165) is 0 Å². The number of benzene rings is 1. The van der Waals surface area contributed by atoms with Gasteiger partial charge in [0.15, 0.2) is 5.78 Å². The van der Waals surface area contributed by atoms with E-state index in [0.29, 0.717) is 22.8 Å². The molecular formula is C12H13N3O2. The van der Waals surface area contributed by atoms with Gasteiger partial charge in [0.05, 0.1) is 19.2 Å². The molecule has 0 aliphatic carbocycles. The fourth-order valence-corrected chi connectivity index (χ4v) is 1.56. The van der Waals surface area contributed by atoms with Crippen LogP contribution in [-0.2, 0) is 6.42 Å². The number of carbonyl (C=O) groups is 1. The van der Waals surface area contributed by atoms with E-state index in [1.807, 2.05) is 0 Å². The van der Waals surface area contributed by atoms with Crippen molar-refractivity contribution >= 4 is 11.5 Å². The monoisotopic (exact) mass is 231 g/mol. The number of rotatable bonds is 4. The van der Waals surface area contributed by atoms with Crippen molar-refractivity contribution in [2.45, 2.75) is 6.42 Å². The third-order valence-electron chi connectivity index (χ3n) is 2.43. The highest BCUT2D eigenvalue weighted by Crippen LogP contribution is 2.22. The Labute approximate surface area is 98.6 Å². The number of methoxy groups -OCH3 is 1. The van der Waals surface area contributed by atoms with E-state index in [9.17, 15) is 4.79 Å². The molecule has 88 valence electrons. The highest BCUT2D eigenvalue weighted by Gasteiger charge is 2.10. The topological polar surface area (TPSA) is 81.0 Å². The molecule has 5 heteroatoms. The lowest BCUT2D eigenvalue weighted by Gasteiger charge is -2.06. The zero-order chi connectivity index (χ0) is 12.3. The van der Waals surface area contributed by atoms with Crippen molar-refractivity contribution in [2.24, 2.45) is 0 Å². The van der Waals surface area contributed by atoms with E-state index in [4.69, 9.17) is 10.5 Å². The number of carbonyl (C=O) groups excluding carboxylic acids is 1. The molecule has 0 bridgehead atoms. The molecule has 2 rings (SSSR count). The molecule has 0 saturated heterocycles. The zero-order valence-corrected chi connectivity index (χ0v) is 9.43. The van der Waals surface area contributed by atoms with Crippen LogP contribution in [0.1, 0.15) is 16.2 Å². The van der Waals surface area contributed by atoms with Crippen LogP contribution in [0.4, 0.5) is 5.69 Å². The van der Waals surface area contributed by atoms with Crippen molar-refractivity contribution in [2.75, 3.05) is 12.8 Å². The highest BCUT2D eigenvalue weighted by molar-refractivity contribution is 5.98. The summed E-state index contributed by atoms with van der Waals surface area (Å²) < 4.78 is 5.03. The fraction of sp³-hybridized carbons (Fsp3) is 0.167. The molecule has 1 heterocycles. The summed E-state index contributed by atoms with van der Waals surface area (Å²) in [5.74, 6) is 1.18. The van der Waals surface area contributed by atoms with E-state index in [2.05, 4.69) is 9.97 Å². The molecule has 1 aromatic heterocycles. The Morgan fingerprint density at radius 1 is 1.53 bits per heavy atom. The number of nitrogens with two attached hydrogens (primary N) is 1. The third-order valence-corrected chi connectivity index (χ3v) is 2.43. The van der Waals surface area contributed by atoms with Crippen molar-refractivity contribution in [3.63, 3.8) is 0 Å². The second-order valence-electron chi connectivity index (χ2n) is 3.59. The first-order chi connectivity index (χ1) is 8.20. The first kappa shape index (κ1) is 11.2. The zero-order valence-electron chi connectivity index (χ0n) is 9.43.